The van der Waals surface area contributed by atoms with Gasteiger partial charge in [-0.25, -0.2) is 0 Å². The molecule has 0 aliphatic heterocycles. The molecule has 2 N–H and O–H groups in total. The molecule has 0 spiro atoms. The van der Waals surface area contributed by atoms with Gasteiger partial charge in [-0.15, -0.1) is 0 Å². The maximum absolute atomic E-state index is 11.4. The summed E-state index contributed by atoms with van der Waals surface area (Å²) >= 11 is 0. The van der Waals surface area contributed by atoms with Crippen molar-refractivity contribution in [3.05, 3.63) is 65.7 Å². The molecule has 2 rings (SSSR count). The molecule has 23 heavy (non-hydrogen) atoms. The molecule has 4 atom stereocenters. The van der Waals surface area contributed by atoms with Crippen LogP contribution in [0.15, 0.2) is 59.5 Å². The van der Waals surface area contributed by atoms with Crippen molar-refractivity contribution in [3.63, 3.8) is 0 Å². The fraction of sp³-hybridized carbons (Fsp3) is 0.368. The minimum absolute atomic E-state index is 0.173. The Bertz CT molecular complexity index is 628. The van der Waals surface area contributed by atoms with E-state index in [0.29, 0.717) is 6.42 Å². The van der Waals surface area contributed by atoms with Crippen LogP contribution in [0.25, 0.3) is 0 Å². The van der Waals surface area contributed by atoms with Gasteiger partial charge in [-0.1, -0.05) is 42.5 Å². The lowest BCUT2D eigenvalue weighted by atomic mass is 10.0. The van der Waals surface area contributed by atoms with E-state index in [-0.39, 0.29) is 12.1 Å². The average Bonchev–Trinajstić information content (AvgIpc) is 2.55. The standard InChI is InChI=1S/C19H25NO2S/c1-14(13-19(21)17-7-5-4-6-8-17)20-15(2)16-9-11-18(12-10-16)23(3)22/h4-12,14-15,19-21H,13H2,1-3H3. The minimum atomic E-state index is -0.944. The first-order valence-corrected chi connectivity index (χ1v) is 9.45. The van der Waals surface area contributed by atoms with Gasteiger partial charge in [0.2, 0.25) is 0 Å². The molecule has 0 fully saturated rings. The van der Waals surface area contributed by atoms with E-state index in [1.54, 1.807) is 6.26 Å². The molecule has 3 nitrogen and oxygen atoms in total. The number of aliphatic hydroxyl groups is 1. The molecule has 0 saturated heterocycles. The highest BCUT2D eigenvalue weighted by molar-refractivity contribution is 7.84. The highest BCUT2D eigenvalue weighted by Crippen LogP contribution is 2.20. The predicted molar refractivity (Wildman–Crippen MR) is 95.8 cm³/mol. The van der Waals surface area contributed by atoms with Gasteiger partial charge in [0.25, 0.3) is 0 Å². The van der Waals surface area contributed by atoms with Crippen molar-refractivity contribution in [1.29, 1.82) is 0 Å². The third-order valence-electron chi connectivity index (χ3n) is 4.01. The summed E-state index contributed by atoms with van der Waals surface area (Å²) in [5.74, 6) is 0. The molecule has 2 aromatic rings. The van der Waals surface area contributed by atoms with E-state index in [1.807, 2.05) is 54.6 Å². The van der Waals surface area contributed by atoms with Gasteiger partial charge in [-0.2, -0.15) is 0 Å². The Labute approximate surface area is 141 Å². The molecule has 4 heteroatoms. The lowest BCUT2D eigenvalue weighted by Crippen LogP contribution is -2.30. The van der Waals surface area contributed by atoms with Crippen LogP contribution in [0.1, 0.15) is 43.5 Å². The quantitative estimate of drug-likeness (QED) is 0.815. The summed E-state index contributed by atoms with van der Waals surface area (Å²) in [4.78, 5) is 0.841. The summed E-state index contributed by atoms with van der Waals surface area (Å²) in [6, 6.07) is 17.9. The topological polar surface area (TPSA) is 49.3 Å². The fourth-order valence-electron chi connectivity index (χ4n) is 2.69. The van der Waals surface area contributed by atoms with Crippen LogP contribution in [0.5, 0.6) is 0 Å². The van der Waals surface area contributed by atoms with Crippen LogP contribution in [-0.2, 0) is 10.8 Å². The second-order valence-corrected chi connectivity index (χ2v) is 7.35. The van der Waals surface area contributed by atoms with Gasteiger partial charge in [-0.3, -0.25) is 4.21 Å². The molecule has 0 amide bonds. The average molecular weight is 331 g/mol. The van der Waals surface area contributed by atoms with E-state index in [4.69, 9.17) is 0 Å². The monoisotopic (exact) mass is 331 g/mol. The van der Waals surface area contributed by atoms with E-state index < -0.39 is 16.9 Å². The van der Waals surface area contributed by atoms with Crippen LogP contribution in [0.2, 0.25) is 0 Å². The molecule has 2 aromatic carbocycles. The SMILES string of the molecule is CC(CC(O)c1ccccc1)NC(C)c1ccc(S(C)=O)cc1. The van der Waals surface area contributed by atoms with E-state index in [9.17, 15) is 9.32 Å². The summed E-state index contributed by atoms with van der Waals surface area (Å²) in [5.41, 5.74) is 2.10. The maximum Gasteiger partial charge on any atom is 0.0804 e. The number of nitrogens with one attached hydrogen (secondary N) is 1. The number of aliphatic hydroxyl groups excluding tert-OH is 1. The molecule has 0 bridgehead atoms. The largest absolute Gasteiger partial charge is 0.388 e. The normalized spacial score (nSPS) is 16.5. The second kappa shape index (κ2) is 8.39. The highest BCUT2D eigenvalue weighted by Gasteiger charge is 2.15. The Morgan fingerprint density at radius 2 is 1.61 bits per heavy atom. The van der Waals surface area contributed by atoms with Gasteiger partial charge in [0.1, 0.15) is 0 Å². The summed E-state index contributed by atoms with van der Waals surface area (Å²) in [6.07, 6.45) is 1.88. The lowest BCUT2D eigenvalue weighted by molar-refractivity contribution is 0.152. The third-order valence-corrected chi connectivity index (χ3v) is 4.94. The molecule has 0 aliphatic carbocycles. The lowest BCUT2D eigenvalue weighted by Gasteiger charge is -2.23. The van der Waals surface area contributed by atoms with Gasteiger partial charge in [0, 0.05) is 34.0 Å². The van der Waals surface area contributed by atoms with Crippen molar-refractivity contribution in [3.8, 4) is 0 Å². The van der Waals surface area contributed by atoms with Crippen LogP contribution in [0.3, 0.4) is 0 Å². The Hall–Kier alpha value is -1.49. The zero-order valence-corrected chi connectivity index (χ0v) is 14.7. The summed E-state index contributed by atoms with van der Waals surface area (Å²) < 4.78 is 11.4. The first kappa shape index (κ1) is 17.9. The van der Waals surface area contributed by atoms with Crippen molar-refractivity contribution >= 4 is 10.8 Å². The minimum Gasteiger partial charge on any atom is -0.388 e. The predicted octanol–water partition coefficient (Wildman–Crippen LogP) is 3.59. The van der Waals surface area contributed by atoms with Gasteiger partial charge >= 0.3 is 0 Å². The first-order chi connectivity index (χ1) is 11.0. The molecule has 0 aliphatic rings. The third kappa shape index (κ3) is 5.27. The maximum atomic E-state index is 11.4. The van der Waals surface area contributed by atoms with Gasteiger partial charge in [0.05, 0.1) is 6.10 Å². The number of benzene rings is 2. The van der Waals surface area contributed by atoms with Crippen LogP contribution in [0, 0.1) is 0 Å². The fourth-order valence-corrected chi connectivity index (χ4v) is 3.20. The summed E-state index contributed by atoms with van der Waals surface area (Å²) in [5, 5.41) is 13.8. The molecule has 0 saturated carbocycles. The van der Waals surface area contributed by atoms with Crippen molar-refractivity contribution < 1.29 is 9.32 Å². The van der Waals surface area contributed by atoms with E-state index in [2.05, 4.69) is 19.2 Å². The smallest absolute Gasteiger partial charge is 0.0804 e. The zero-order valence-electron chi connectivity index (χ0n) is 13.9. The molecule has 0 heterocycles. The van der Waals surface area contributed by atoms with Gasteiger partial charge in [0.15, 0.2) is 0 Å². The Morgan fingerprint density at radius 3 is 2.17 bits per heavy atom. The Morgan fingerprint density at radius 1 is 1.00 bits per heavy atom. The molecule has 0 aromatic heterocycles. The Kier molecular flexibility index (Phi) is 6.51. The molecule has 0 radical (unpaired) electrons. The number of rotatable bonds is 7. The Balaban J connectivity index is 1.91. The highest BCUT2D eigenvalue weighted by atomic mass is 32.2. The molecule has 124 valence electrons. The van der Waals surface area contributed by atoms with Crippen LogP contribution in [0.4, 0.5) is 0 Å². The van der Waals surface area contributed by atoms with Crippen LogP contribution < -0.4 is 5.32 Å². The van der Waals surface area contributed by atoms with E-state index >= 15 is 0 Å². The van der Waals surface area contributed by atoms with Crippen LogP contribution in [-0.4, -0.2) is 21.6 Å². The number of hydrogen-bond donors (Lipinski definition) is 2. The van der Waals surface area contributed by atoms with E-state index in [1.165, 1.54) is 0 Å². The van der Waals surface area contributed by atoms with Gasteiger partial charge in [-0.05, 0) is 43.5 Å². The van der Waals surface area contributed by atoms with Crippen molar-refractivity contribution in [1.82, 2.24) is 5.32 Å². The van der Waals surface area contributed by atoms with Crippen molar-refractivity contribution in [2.24, 2.45) is 0 Å². The molecular formula is C19H25NO2S. The molecular weight excluding hydrogens is 306 g/mol. The van der Waals surface area contributed by atoms with Crippen LogP contribution >= 0.6 is 0 Å². The summed E-state index contributed by atoms with van der Waals surface area (Å²) in [7, 11) is -0.944. The van der Waals surface area contributed by atoms with Gasteiger partial charge < -0.3 is 10.4 Å². The second-order valence-electron chi connectivity index (χ2n) is 5.97. The molecule has 4 unspecified atom stereocenters. The zero-order chi connectivity index (χ0) is 16.8. The summed E-state index contributed by atoms with van der Waals surface area (Å²) in [6.45, 7) is 4.18. The number of hydrogen-bond acceptors (Lipinski definition) is 3. The van der Waals surface area contributed by atoms with E-state index in [0.717, 1.165) is 16.0 Å². The first-order valence-electron chi connectivity index (χ1n) is 7.90. The van der Waals surface area contributed by atoms with Crippen molar-refractivity contribution in [2.75, 3.05) is 6.26 Å². The van der Waals surface area contributed by atoms with Crippen molar-refractivity contribution in [2.45, 2.75) is 43.4 Å².